The summed E-state index contributed by atoms with van der Waals surface area (Å²) in [6.07, 6.45) is -4.41. The number of aliphatic hydroxyl groups is 2. The molecular weight excluding hydrogens is 440 g/mol. The van der Waals surface area contributed by atoms with Gasteiger partial charge in [0.05, 0.1) is 19.8 Å². The lowest BCUT2D eigenvalue weighted by molar-refractivity contribution is -0.299. The molecule has 0 aliphatic carbocycles. The molecule has 0 aromatic heterocycles. The molecule has 3 aromatic rings. The van der Waals surface area contributed by atoms with E-state index in [1.165, 1.54) is 0 Å². The number of benzene rings is 3. The lowest BCUT2D eigenvalue weighted by Crippen LogP contribution is -2.61. The van der Waals surface area contributed by atoms with Gasteiger partial charge in [0.1, 0.15) is 30.2 Å². The molecule has 0 radical (unpaired) electrons. The maximum Gasteiger partial charge on any atom is 0.229 e. The van der Waals surface area contributed by atoms with Crippen LogP contribution in [0.1, 0.15) is 11.1 Å². The molecule has 4 rings (SSSR count). The van der Waals surface area contributed by atoms with E-state index < -0.39 is 30.7 Å². The van der Waals surface area contributed by atoms with Crippen molar-refractivity contribution in [1.82, 2.24) is 0 Å². The summed E-state index contributed by atoms with van der Waals surface area (Å²) in [5.74, 6) is 0.556. The Balaban J connectivity index is 1.57. The number of hydrogen-bond acceptors (Lipinski definition) is 7. The highest BCUT2D eigenvalue weighted by molar-refractivity contribution is 7.80. The van der Waals surface area contributed by atoms with Gasteiger partial charge in [-0.15, -0.1) is 12.6 Å². The van der Waals surface area contributed by atoms with Crippen molar-refractivity contribution < 1.29 is 29.2 Å². The molecule has 0 saturated carbocycles. The molecule has 5 atom stereocenters. The topological polar surface area (TPSA) is 77.4 Å². The van der Waals surface area contributed by atoms with Crippen LogP contribution in [0.4, 0.5) is 0 Å². The van der Waals surface area contributed by atoms with Crippen LogP contribution >= 0.6 is 12.6 Å². The van der Waals surface area contributed by atoms with Gasteiger partial charge in [-0.3, -0.25) is 0 Å². The second-order valence-electron chi connectivity index (χ2n) is 7.85. The Kier molecular flexibility index (Phi) is 8.39. The van der Waals surface area contributed by atoms with E-state index in [-0.39, 0.29) is 19.8 Å². The molecule has 1 heterocycles. The molecule has 3 aromatic carbocycles. The van der Waals surface area contributed by atoms with Gasteiger partial charge in [-0.25, -0.2) is 0 Å². The Bertz CT molecular complexity index is 969. The Morgan fingerprint density at radius 2 is 1.30 bits per heavy atom. The summed E-state index contributed by atoms with van der Waals surface area (Å²) < 4.78 is 24.4. The second-order valence-corrected chi connectivity index (χ2v) is 8.37. The standard InChI is InChI=1S/C26H28O6S/c27-15-22-23(28)24(29-16-18-7-3-1-4-8-18)25(30-17-19-9-5-2-6-10-19)26(32-22)31-20-11-13-21(33)14-12-20/h1-14,22-28,33H,15-17H2/t22-,23-,24+,25-,26-/m1/s1. The zero-order valence-corrected chi connectivity index (χ0v) is 19.0. The molecule has 6 nitrogen and oxygen atoms in total. The first-order valence-corrected chi connectivity index (χ1v) is 11.3. The molecule has 0 spiro atoms. The molecule has 1 aliphatic rings. The summed E-state index contributed by atoms with van der Waals surface area (Å²) in [5.41, 5.74) is 1.93. The van der Waals surface area contributed by atoms with Gasteiger partial charge >= 0.3 is 0 Å². The summed E-state index contributed by atoms with van der Waals surface area (Å²) in [4.78, 5) is 0.802. The number of aliphatic hydroxyl groups excluding tert-OH is 2. The monoisotopic (exact) mass is 468 g/mol. The molecule has 2 N–H and O–H groups in total. The molecule has 174 valence electrons. The van der Waals surface area contributed by atoms with Gasteiger partial charge in [-0.2, -0.15) is 0 Å². The first kappa shape index (κ1) is 23.8. The summed E-state index contributed by atoms with van der Waals surface area (Å²) in [6, 6.07) is 26.6. The number of hydrogen-bond donors (Lipinski definition) is 3. The Morgan fingerprint density at radius 1 is 0.758 bits per heavy atom. The third kappa shape index (κ3) is 6.35. The minimum Gasteiger partial charge on any atom is -0.462 e. The predicted octanol–water partition coefficient (Wildman–Crippen LogP) is 3.60. The van der Waals surface area contributed by atoms with E-state index >= 15 is 0 Å². The average Bonchev–Trinajstić information content (AvgIpc) is 2.85. The lowest BCUT2D eigenvalue weighted by Gasteiger charge is -2.43. The van der Waals surface area contributed by atoms with Crippen LogP contribution < -0.4 is 4.74 Å². The van der Waals surface area contributed by atoms with Crippen LogP contribution in [-0.4, -0.2) is 47.5 Å². The van der Waals surface area contributed by atoms with Crippen molar-refractivity contribution in [3.8, 4) is 5.75 Å². The van der Waals surface area contributed by atoms with Crippen LogP contribution in [0.2, 0.25) is 0 Å². The van der Waals surface area contributed by atoms with Gasteiger partial charge in [0.25, 0.3) is 0 Å². The fourth-order valence-electron chi connectivity index (χ4n) is 3.70. The SMILES string of the molecule is OC[C@H]1O[C@@H](Oc2ccc(S)cc2)[C@H](OCc2ccccc2)[C@@H](OCc2ccccc2)[C@@H]1O. The van der Waals surface area contributed by atoms with Crippen molar-refractivity contribution in [1.29, 1.82) is 0 Å². The molecule has 1 saturated heterocycles. The van der Waals surface area contributed by atoms with Crippen LogP contribution in [0, 0.1) is 0 Å². The Hall–Kier alpha value is -2.39. The maximum absolute atomic E-state index is 10.9. The van der Waals surface area contributed by atoms with Crippen LogP contribution in [0.3, 0.4) is 0 Å². The zero-order valence-electron chi connectivity index (χ0n) is 18.1. The highest BCUT2D eigenvalue weighted by Crippen LogP contribution is 2.30. The molecule has 0 bridgehead atoms. The van der Waals surface area contributed by atoms with Crippen molar-refractivity contribution in [3.63, 3.8) is 0 Å². The quantitative estimate of drug-likeness (QED) is 0.417. The lowest BCUT2D eigenvalue weighted by atomic mass is 9.98. The van der Waals surface area contributed by atoms with E-state index in [2.05, 4.69) is 12.6 Å². The smallest absolute Gasteiger partial charge is 0.229 e. The number of ether oxygens (including phenoxy) is 4. The summed E-state index contributed by atoms with van der Waals surface area (Å²) in [5, 5.41) is 20.8. The highest BCUT2D eigenvalue weighted by Gasteiger charge is 2.48. The third-order valence-electron chi connectivity index (χ3n) is 5.46. The van der Waals surface area contributed by atoms with Crippen LogP contribution in [0.5, 0.6) is 5.75 Å². The van der Waals surface area contributed by atoms with Gasteiger partial charge in [0.2, 0.25) is 6.29 Å². The van der Waals surface area contributed by atoms with E-state index in [1.807, 2.05) is 72.8 Å². The molecule has 0 amide bonds. The molecule has 7 heteroatoms. The van der Waals surface area contributed by atoms with Crippen molar-refractivity contribution in [2.24, 2.45) is 0 Å². The van der Waals surface area contributed by atoms with Crippen molar-refractivity contribution in [2.45, 2.75) is 48.8 Å². The van der Waals surface area contributed by atoms with E-state index in [0.29, 0.717) is 5.75 Å². The van der Waals surface area contributed by atoms with Gasteiger partial charge in [0, 0.05) is 4.90 Å². The first-order chi connectivity index (χ1) is 16.1. The maximum atomic E-state index is 10.9. The molecule has 33 heavy (non-hydrogen) atoms. The first-order valence-electron chi connectivity index (χ1n) is 10.8. The normalized spacial score (nSPS) is 25.0. The summed E-state index contributed by atoms with van der Waals surface area (Å²) >= 11 is 4.31. The fraction of sp³-hybridized carbons (Fsp3) is 0.308. The van der Waals surface area contributed by atoms with Crippen LogP contribution in [0.15, 0.2) is 89.8 Å². The van der Waals surface area contributed by atoms with Gasteiger partial charge in [0.15, 0.2) is 0 Å². The average molecular weight is 469 g/mol. The molecule has 1 aliphatic heterocycles. The molecule has 0 unspecified atom stereocenters. The van der Waals surface area contributed by atoms with Crippen molar-refractivity contribution in [2.75, 3.05) is 6.61 Å². The fourth-order valence-corrected chi connectivity index (χ4v) is 3.84. The number of thiol groups is 1. The minimum absolute atomic E-state index is 0.271. The Morgan fingerprint density at radius 3 is 1.85 bits per heavy atom. The number of rotatable bonds is 9. The van der Waals surface area contributed by atoms with E-state index in [4.69, 9.17) is 18.9 Å². The van der Waals surface area contributed by atoms with Gasteiger partial charge in [-0.05, 0) is 35.4 Å². The second kappa shape index (κ2) is 11.7. The van der Waals surface area contributed by atoms with Crippen LogP contribution in [0.25, 0.3) is 0 Å². The van der Waals surface area contributed by atoms with E-state index in [1.54, 1.807) is 12.1 Å². The minimum atomic E-state index is -1.10. The van der Waals surface area contributed by atoms with E-state index in [9.17, 15) is 10.2 Å². The predicted molar refractivity (Wildman–Crippen MR) is 126 cm³/mol. The molecular formula is C26H28O6S. The largest absolute Gasteiger partial charge is 0.462 e. The van der Waals surface area contributed by atoms with Crippen molar-refractivity contribution >= 4 is 12.6 Å². The Labute approximate surface area is 199 Å². The molecule has 1 fully saturated rings. The third-order valence-corrected chi connectivity index (χ3v) is 5.76. The van der Waals surface area contributed by atoms with Gasteiger partial charge in [-0.1, -0.05) is 60.7 Å². The highest BCUT2D eigenvalue weighted by atomic mass is 32.1. The summed E-state index contributed by atoms with van der Waals surface area (Å²) in [6.45, 7) is 0.173. The van der Waals surface area contributed by atoms with E-state index in [0.717, 1.165) is 16.0 Å². The van der Waals surface area contributed by atoms with Gasteiger partial charge < -0.3 is 29.2 Å². The van der Waals surface area contributed by atoms with Crippen LogP contribution in [-0.2, 0) is 27.4 Å². The summed E-state index contributed by atoms with van der Waals surface area (Å²) in [7, 11) is 0. The van der Waals surface area contributed by atoms with Crippen molar-refractivity contribution in [3.05, 3.63) is 96.1 Å². The zero-order chi connectivity index (χ0) is 23.0.